The van der Waals surface area contributed by atoms with Crippen molar-refractivity contribution in [3.63, 3.8) is 0 Å². The number of aliphatic hydroxyl groups excluding tert-OH is 1. The number of carbonyl (C=O) groups is 1. The van der Waals surface area contributed by atoms with Crippen molar-refractivity contribution in [3.8, 4) is 0 Å². The van der Waals surface area contributed by atoms with Crippen LogP contribution in [0.15, 0.2) is 0 Å². The number of likely N-dealkylation sites (tertiary alicyclic amines) is 1. The fourth-order valence-corrected chi connectivity index (χ4v) is 1.44. The van der Waals surface area contributed by atoms with Gasteiger partial charge in [-0.2, -0.15) is 0 Å². The topological polar surface area (TPSA) is 66.6 Å². The lowest BCUT2D eigenvalue weighted by molar-refractivity contribution is -0.135. The maximum atomic E-state index is 11.7. The third kappa shape index (κ3) is 2.19. The molecule has 0 aliphatic carbocycles. The second kappa shape index (κ2) is 3.64. The lowest BCUT2D eigenvalue weighted by Gasteiger charge is -2.27. The van der Waals surface area contributed by atoms with Crippen LogP contribution in [-0.2, 0) is 4.79 Å². The largest absolute Gasteiger partial charge is 0.391 e. The normalized spacial score (nSPS) is 27.4. The number of amides is 1. The molecule has 1 saturated heterocycles. The molecule has 0 spiro atoms. The van der Waals surface area contributed by atoms with Crippen LogP contribution in [0.3, 0.4) is 0 Å². The molecule has 0 aromatic carbocycles. The van der Waals surface area contributed by atoms with Gasteiger partial charge in [-0.05, 0) is 19.8 Å². The number of nitrogens with zero attached hydrogens (tertiary/aromatic N) is 1. The number of hydrogen-bond donors (Lipinski definition) is 2. The molecule has 3 N–H and O–H groups in total. The van der Waals surface area contributed by atoms with Crippen molar-refractivity contribution < 1.29 is 9.90 Å². The highest BCUT2D eigenvalue weighted by molar-refractivity contribution is 5.85. The van der Waals surface area contributed by atoms with Gasteiger partial charge in [-0.15, -0.1) is 0 Å². The summed E-state index contributed by atoms with van der Waals surface area (Å²) in [6.07, 6.45) is 0.931. The molecule has 0 radical (unpaired) electrons. The van der Waals surface area contributed by atoms with E-state index in [0.29, 0.717) is 25.9 Å². The summed E-state index contributed by atoms with van der Waals surface area (Å²) < 4.78 is 0. The van der Waals surface area contributed by atoms with Gasteiger partial charge in [0.25, 0.3) is 0 Å². The molecule has 4 heteroatoms. The number of carbonyl (C=O) groups excluding carboxylic acids is 1. The molecule has 1 aliphatic rings. The molecule has 1 heterocycles. The molecule has 4 nitrogen and oxygen atoms in total. The highest BCUT2D eigenvalue weighted by atomic mass is 16.3. The Hall–Kier alpha value is -0.610. The van der Waals surface area contributed by atoms with Crippen LogP contribution in [0.1, 0.15) is 26.7 Å². The highest BCUT2D eigenvalue weighted by Crippen LogP contribution is 2.15. The van der Waals surface area contributed by atoms with Gasteiger partial charge in [-0.3, -0.25) is 4.79 Å². The molecule has 1 aliphatic heterocycles. The van der Waals surface area contributed by atoms with Gasteiger partial charge >= 0.3 is 0 Å². The second-order valence-electron chi connectivity index (χ2n) is 3.96. The Morgan fingerprint density at radius 1 is 1.77 bits per heavy atom. The van der Waals surface area contributed by atoms with E-state index in [1.165, 1.54) is 0 Å². The third-order valence-corrected chi connectivity index (χ3v) is 2.67. The van der Waals surface area contributed by atoms with Gasteiger partial charge in [-0.1, -0.05) is 6.92 Å². The second-order valence-corrected chi connectivity index (χ2v) is 3.96. The first kappa shape index (κ1) is 10.5. The van der Waals surface area contributed by atoms with Crippen LogP contribution >= 0.6 is 0 Å². The quantitative estimate of drug-likeness (QED) is 0.622. The van der Waals surface area contributed by atoms with E-state index in [0.717, 1.165) is 0 Å². The Bertz CT molecular complexity index is 204. The van der Waals surface area contributed by atoms with Crippen molar-refractivity contribution in [2.24, 2.45) is 5.73 Å². The third-order valence-electron chi connectivity index (χ3n) is 2.67. The summed E-state index contributed by atoms with van der Waals surface area (Å²) in [5, 5.41) is 9.25. The molecule has 0 saturated carbocycles. The van der Waals surface area contributed by atoms with E-state index in [1.807, 2.05) is 6.92 Å². The van der Waals surface area contributed by atoms with Crippen molar-refractivity contribution >= 4 is 5.91 Å². The maximum Gasteiger partial charge on any atom is 0.242 e. The molecule has 13 heavy (non-hydrogen) atoms. The van der Waals surface area contributed by atoms with Crippen molar-refractivity contribution in [2.45, 2.75) is 38.3 Å². The van der Waals surface area contributed by atoms with Crippen LogP contribution in [0.4, 0.5) is 0 Å². The van der Waals surface area contributed by atoms with E-state index in [2.05, 4.69) is 0 Å². The predicted octanol–water partition coefficient (Wildman–Crippen LogP) is -0.293. The standard InChI is InChI=1S/C9H18N2O2/c1-3-9(2,10)8(13)11-5-4-7(12)6-11/h7,12H,3-6,10H2,1-2H3/t7-,9?/m0/s1. The van der Waals surface area contributed by atoms with Crippen molar-refractivity contribution in [1.82, 2.24) is 4.90 Å². The molecule has 1 fully saturated rings. The summed E-state index contributed by atoms with van der Waals surface area (Å²) in [6.45, 7) is 4.70. The minimum Gasteiger partial charge on any atom is -0.391 e. The van der Waals surface area contributed by atoms with Gasteiger partial charge in [0.1, 0.15) is 0 Å². The summed E-state index contributed by atoms with van der Waals surface area (Å²) in [4.78, 5) is 13.4. The fraction of sp³-hybridized carbons (Fsp3) is 0.889. The molecule has 0 aromatic heterocycles. The first-order valence-electron chi connectivity index (χ1n) is 4.73. The van der Waals surface area contributed by atoms with Crippen molar-refractivity contribution in [3.05, 3.63) is 0 Å². The smallest absolute Gasteiger partial charge is 0.242 e. The predicted molar refractivity (Wildman–Crippen MR) is 50.1 cm³/mol. The molecular weight excluding hydrogens is 168 g/mol. The fourth-order valence-electron chi connectivity index (χ4n) is 1.44. The van der Waals surface area contributed by atoms with Crippen LogP contribution in [0.5, 0.6) is 0 Å². The summed E-state index contributed by atoms with van der Waals surface area (Å²) in [5.41, 5.74) is 5.04. The van der Waals surface area contributed by atoms with Gasteiger partial charge in [0.05, 0.1) is 11.6 Å². The van der Waals surface area contributed by atoms with E-state index in [9.17, 15) is 9.90 Å². The first-order chi connectivity index (χ1) is 5.97. The minimum atomic E-state index is -0.774. The van der Waals surface area contributed by atoms with Gasteiger partial charge in [0.2, 0.25) is 5.91 Å². The molecular formula is C9H18N2O2. The SMILES string of the molecule is CCC(C)(N)C(=O)N1CC[C@H](O)C1. The number of hydrogen-bond acceptors (Lipinski definition) is 3. The van der Waals surface area contributed by atoms with Gasteiger partial charge in [0, 0.05) is 13.1 Å². The van der Waals surface area contributed by atoms with E-state index in [4.69, 9.17) is 5.73 Å². The molecule has 1 unspecified atom stereocenters. The Balaban J connectivity index is 2.58. The molecule has 1 rings (SSSR count). The minimum absolute atomic E-state index is 0.0495. The average molecular weight is 186 g/mol. The van der Waals surface area contributed by atoms with Gasteiger partial charge in [-0.25, -0.2) is 0 Å². The van der Waals surface area contributed by atoms with Crippen LogP contribution < -0.4 is 5.73 Å². The van der Waals surface area contributed by atoms with E-state index >= 15 is 0 Å². The van der Waals surface area contributed by atoms with Crippen LogP contribution in [-0.4, -0.2) is 40.6 Å². The molecule has 1 amide bonds. The Morgan fingerprint density at radius 3 is 2.77 bits per heavy atom. The number of rotatable bonds is 2. The highest BCUT2D eigenvalue weighted by Gasteiger charge is 2.34. The summed E-state index contributed by atoms with van der Waals surface area (Å²) in [7, 11) is 0. The van der Waals surface area contributed by atoms with Crippen molar-refractivity contribution in [2.75, 3.05) is 13.1 Å². The number of nitrogens with two attached hydrogens (primary N) is 1. The summed E-state index contributed by atoms with van der Waals surface area (Å²) in [6, 6.07) is 0. The Morgan fingerprint density at radius 2 is 2.38 bits per heavy atom. The lowest BCUT2D eigenvalue weighted by atomic mass is 9.99. The number of β-amino-alcohol motifs (C(OH)–C–C–N with tert-alkyl or cyclic N) is 1. The van der Waals surface area contributed by atoms with Crippen LogP contribution in [0, 0.1) is 0 Å². The Labute approximate surface area is 78.7 Å². The van der Waals surface area contributed by atoms with Gasteiger partial charge in [0.15, 0.2) is 0 Å². The monoisotopic (exact) mass is 186 g/mol. The summed E-state index contributed by atoms with van der Waals surface area (Å²) >= 11 is 0. The van der Waals surface area contributed by atoms with Crippen molar-refractivity contribution in [1.29, 1.82) is 0 Å². The first-order valence-corrected chi connectivity index (χ1v) is 4.73. The average Bonchev–Trinajstić information content (AvgIpc) is 2.50. The van der Waals surface area contributed by atoms with E-state index < -0.39 is 5.54 Å². The van der Waals surface area contributed by atoms with E-state index in [-0.39, 0.29) is 12.0 Å². The molecule has 0 aromatic rings. The zero-order chi connectivity index (χ0) is 10.1. The molecule has 0 bridgehead atoms. The molecule has 76 valence electrons. The lowest BCUT2D eigenvalue weighted by Crippen LogP contribution is -2.52. The molecule has 2 atom stereocenters. The van der Waals surface area contributed by atoms with Crippen LogP contribution in [0.2, 0.25) is 0 Å². The zero-order valence-electron chi connectivity index (χ0n) is 8.29. The maximum absolute atomic E-state index is 11.7. The van der Waals surface area contributed by atoms with Gasteiger partial charge < -0.3 is 15.7 Å². The van der Waals surface area contributed by atoms with E-state index in [1.54, 1.807) is 11.8 Å². The number of aliphatic hydroxyl groups is 1. The summed E-state index contributed by atoms with van der Waals surface area (Å²) in [5.74, 6) is -0.0495. The van der Waals surface area contributed by atoms with Crippen LogP contribution in [0.25, 0.3) is 0 Å². The Kier molecular flexibility index (Phi) is 2.93. The zero-order valence-corrected chi connectivity index (χ0v) is 8.29.